The van der Waals surface area contributed by atoms with Crippen molar-refractivity contribution in [3.05, 3.63) is 187 Å². The summed E-state index contributed by atoms with van der Waals surface area (Å²) in [4.78, 5) is 0.335. The van der Waals surface area contributed by atoms with Crippen LogP contribution in [-0.2, 0) is 0 Å². The maximum absolute atomic E-state index is 9.92. The highest BCUT2D eigenvalue weighted by molar-refractivity contribution is 6.23. The number of hydrogen-bond acceptors (Lipinski definition) is 3. The monoisotopic (exact) mass is 684 g/mol. The van der Waals surface area contributed by atoms with E-state index in [1.165, 1.54) is 0 Å². The summed E-state index contributed by atoms with van der Waals surface area (Å²) < 4.78 is 288. The number of furan rings is 2. The van der Waals surface area contributed by atoms with Crippen molar-refractivity contribution in [1.29, 1.82) is 0 Å². The van der Waals surface area contributed by atoms with Crippen molar-refractivity contribution in [3.63, 3.8) is 0 Å². The largest absolute Gasteiger partial charge is 0.456 e. The lowest BCUT2D eigenvalue weighted by Gasteiger charge is -2.26. The van der Waals surface area contributed by atoms with Gasteiger partial charge >= 0.3 is 0 Å². The number of para-hydroxylation sites is 1. The summed E-state index contributed by atoms with van der Waals surface area (Å²) in [5.74, 6) is 0. The Morgan fingerprint density at radius 1 is 0.353 bits per heavy atom. The van der Waals surface area contributed by atoms with Gasteiger partial charge in [0, 0.05) is 50.2 Å². The van der Waals surface area contributed by atoms with Gasteiger partial charge in [0.25, 0.3) is 0 Å². The third kappa shape index (κ3) is 4.98. The molecular weight excluding hydrogens is 623 g/mol. The van der Waals surface area contributed by atoms with Gasteiger partial charge in [0.2, 0.25) is 0 Å². The van der Waals surface area contributed by atoms with Gasteiger partial charge < -0.3 is 13.7 Å². The number of nitrogens with zero attached hydrogens (tertiary/aromatic N) is 1. The van der Waals surface area contributed by atoms with Crippen LogP contribution in [0.25, 0.3) is 77.3 Å². The Labute approximate surface area is 338 Å². The van der Waals surface area contributed by atoms with Gasteiger partial charge in [0.1, 0.15) is 22.3 Å². The van der Waals surface area contributed by atoms with Crippen LogP contribution in [0.1, 0.15) is 42.5 Å². The molecule has 0 aliphatic carbocycles. The predicted molar refractivity (Wildman–Crippen MR) is 212 cm³/mol. The van der Waals surface area contributed by atoms with Gasteiger partial charge in [0.15, 0.2) is 0 Å². The SMILES string of the molecule is [2H]c1c([2H])c([2H])c(-c2c([2H])c([2H])c(N(c3c([2H])c([2H])c(-c4c([2H])c([2H])c([2H])c([2H])c4[2H])c([2H])c3[2H])c3c([2H])c([2H])c4c(oc5c(-c6c([2H])c([2H])c([2H])c([2H])c6[2H])c6c(oc7c([2H])c([2H])c([2H])c([2H])c76)c([2H])c54)c3[2H])c([2H])c2[2H])c([2H])c1[2H]. The van der Waals surface area contributed by atoms with Crippen molar-refractivity contribution in [2.75, 3.05) is 4.90 Å². The quantitative estimate of drug-likeness (QED) is 0.175. The molecule has 0 aliphatic heterocycles. The summed E-state index contributed by atoms with van der Waals surface area (Å²) in [6, 6.07) is -31.4. The highest BCUT2D eigenvalue weighted by atomic mass is 16.3. The Morgan fingerprint density at radius 3 is 1.47 bits per heavy atom. The average Bonchev–Trinajstić information content (AvgIpc) is 1.60. The molecule has 3 nitrogen and oxygen atoms in total. The van der Waals surface area contributed by atoms with Crippen LogP contribution in [0, 0.1) is 0 Å². The molecular formula is C48H31NO2. The standard InChI is InChI=1S/C48H31NO2/c1-4-12-32(13-5-1)34-20-24-37(25-21-34)49(38-26-22-35(23-27-38)33-14-6-2-7-15-33)39-28-29-40-42-31-45-47(41-18-10-11-19-43(41)50-45)46(36-16-8-3-9-17-36)48(42)51-44(40)30-39/h1-31H/i1D,2D,3D,4D,5D,6D,7D,8D,9D,10D,11D,12D,13D,14D,15D,16D,17D,18D,19D,20D,21D,22D,23D,24D,25D,26D,27D,28D,29D,30D,31D. The average molecular weight is 685 g/mol. The molecule has 240 valence electrons. The summed E-state index contributed by atoms with van der Waals surface area (Å²) in [6.45, 7) is 0. The summed E-state index contributed by atoms with van der Waals surface area (Å²) in [6.07, 6.45) is 0. The molecule has 0 aliphatic rings. The van der Waals surface area contributed by atoms with Crippen LogP contribution in [0.4, 0.5) is 17.1 Å². The molecule has 51 heavy (non-hydrogen) atoms. The highest BCUT2D eigenvalue weighted by Gasteiger charge is 2.22. The third-order valence-corrected chi connectivity index (χ3v) is 7.64. The smallest absolute Gasteiger partial charge is 0.144 e. The van der Waals surface area contributed by atoms with Crippen LogP contribution in [0.15, 0.2) is 196 Å². The molecule has 0 bridgehead atoms. The normalized spacial score (nSPS) is 20.0. The first-order chi connectivity index (χ1) is 38.2. The molecule has 10 rings (SSSR count). The Kier molecular flexibility index (Phi) is 2.72. The fourth-order valence-electron chi connectivity index (χ4n) is 5.46. The molecule has 8 aromatic carbocycles. The van der Waals surface area contributed by atoms with Crippen LogP contribution in [0.2, 0.25) is 0 Å². The fourth-order valence-corrected chi connectivity index (χ4v) is 5.46. The first kappa shape index (κ1) is 11.6. The molecule has 10 aromatic rings. The lowest BCUT2D eigenvalue weighted by Crippen LogP contribution is -2.09. The molecule has 0 saturated carbocycles. The van der Waals surface area contributed by atoms with E-state index in [0.29, 0.717) is 4.90 Å². The molecule has 0 unspecified atom stereocenters. The molecule has 0 spiro atoms. The molecule has 2 aromatic heterocycles. The second-order valence-corrected chi connectivity index (χ2v) is 10.5. The maximum atomic E-state index is 9.92. The number of hydrogen-bond donors (Lipinski definition) is 0. The van der Waals surface area contributed by atoms with E-state index in [0.717, 1.165) is 0 Å². The van der Waals surface area contributed by atoms with E-state index in [1.807, 2.05) is 0 Å². The molecule has 0 amide bonds. The molecule has 2 heterocycles. The second kappa shape index (κ2) is 11.9. The van der Waals surface area contributed by atoms with Gasteiger partial charge in [0.05, 0.1) is 42.5 Å². The zero-order chi connectivity index (χ0) is 60.7. The minimum Gasteiger partial charge on any atom is -0.456 e. The van der Waals surface area contributed by atoms with Crippen molar-refractivity contribution in [1.82, 2.24) is 0 Å². The van der Waals surface area contributed by atoms with Crippen molar-refractivity contribution in [3.8, 4) is 33.4 Å². The van der Waals surface area contributed by atoms with E-state index in [-0.39, 0.29) is 0 Å². The number of benzene rings is 8. The van der Waals surface area contributed by atoms with Crippen LogP contribution in [-0.4, -0.2) is 0 Å². The van der Waals surface area contributed by atoms with Gasteiger partial charge in [-0.25, -0.2) is 0 Å². The van der Waals surface area contributed by atoms with E-state index in [1.54, 1.807) is 0 Å². The van der Waals surface area contributed by atoms with E-state index < -0.39 is 282 Å². The van der Waals surface area contributed by atoms with E-state index >= 15 is 0 Å². The second-order valence-electron chi connectivity index (χ2n) is 10.5. The third-order valence-electron chi connectivity index (χ3n) is 7.64. The van der Waals surface area contributed by atoms with Crippen molar-refractivity contribution in [2.24, 2.45) is 0 Å². The molecule has 0 saturated heterocycles. The lowest BCUT2D eigenvalue weighted by atomic mass is 9.96. The minimum absolute atomic E-state index is 0.335. The molecule has 0 atom stereocenters. The summed E-state index contributed by atoms with van der Waals surface area (Å²) in [5.41, 5.74) is -11.0. The molecule has 0 radical (unpaired) electrons. The zero-order valence-electron chi connectivity index (χ0n) is 56.3. The van der Waals surface area contributed by atoms with Gasteiger partial charge in [-0.2, -0.15) is 0 Å². The lowest BCUT2D eigenvalue weighted by molar-refractivity contribution is 0.664. The van der Waals surface area contributed by atoms with Gasteiger partial charge in [-0.3, -0.25) is 0 Å². The topological polar surface area (TPSA) is 29.5 Å². The summed E-state index contributed by atoms with van der Waals surface area (Å²) >= 11 is 0. The number of anilines is 3. The highest BCUT2D eigenvalue weighted by Crippen LogP contribution is 2.46. The molecule has 0 fully saturated rings. The predicted octanol–water partition coefficient (Wildman–Crippen LogP) is 14.0. The van der Waals surface area contributed by atoms with Crippen molar-refractivity contribution < 1.29 is 51.3 Å². The Balaban J connectivity index is 1.42. The first-order valence-corrected chi connectivity index (χ1v) is 14.7. The number of rotatable bonds is 6. The first-order valence-electron chi connectivity index (χ1n) is 30.2. The Hall–Kier alpha value is -6.84. The van der Waals surface area contributed by atoms with Crippen molar-refractivity contribution >= 4 is 60.9 Å². The zero-order valence-corrected chi connectivity index (χ0v) is 25.3. The summed E-state index contributed by atoms with van der Waals surface area (Å²) in [7, 11) is 0. The van der Waals surface area contributed by atoms with E-state index in [9.17, 15) is 16.4 Å². The fraction of sp³-hybridized carbons (Fsp3) is 0. The van der Waals surface area contributed by atoms with Gasteiger partial charge in [-0.1, -0.05) is 133 Å². The van der Waals surface area contributed by atoms with E-state index in [4.69, 9.17) is 34.9 Å². The van der Waals surface area contributed by atoms with Crippen LogP contribution in [0.5, 0.6) is 0 Å². The maximum Gasteiger partial charge on any atom is 0.144 e. The van der Waals surface area contributed by atoms with Crippen LogP contribution in [0.3, 0.4) is 0 Å². The van der Waals surface area contributed by atoms with Gasteiger partial charge in [-0.15, -0.1) is 0 Å². The molecule has 0 N–H and O–H groups in total. The molecule has 3 heteroatoms. The van der Waals surface area contributed by atoms with Crippen molar-refractivity contribution in [2.45, 2.75) is 0 Å². The van der Waals surface area contributed by atoms with E-state index in [2.05, 4.69) is 0 Å². The van der Waals surface area contributed by atoms with Crippen LogP contribution >= 0.6 is 0 Å². The van der Waals surface area contributed by atoms with Crippen LogP contribution < -0.4 is 4.90 Å². The van der Waals surface area contributed by atoms with Gasteiger partial charge in [-0.05, 0) is 76.2 Å². The number of fused-ring (bicyclic) bond motifs is 6. The summed E-state index contributed by atoms with van der Waals surface area (Å²) in [5, 5.41) is -2.21. The Bertz CT molecular complexity index is 4380. The minimum atomic E-state index is -1.27. The Morgan fingerprint density at radius 2 is 0.863 bits per heavy atom.